The lowest BCUT2D eigenvalue weighted by Gasteiger charge is -2.41. The zero-order chi connectivity index (χ0) is 24.3. The number of nitrogens with zero attached hydrogens (tertiary/aromatic N) is 1. The number of likely N-dealkylation sites (tertiary alicyclic amines) is 1. The Labute approximate surface area is 199 Å². The van der Waals surface area contributed by atoms with E-state index in [0.717, 1.165) is 22.3 Å². The summed E-state index contributed by atoms with van der Waals surface area (Å²) in [6.45, 7) is 3.12. The number of carbonyl (C=O) groups is 3. The first-order chi connectivity index (χ1) is 16.3. The highest BCUT2D eigenvalue weighted by Crippen LogP contribution is 2.44. The van der Waals surface area contributed by atoms with Gasteiger partial charge in [-0.15, -0.1) is 0 Å². The molecule has 0 unspecified atom stereocenters. The SMILES string of the molecule is C[C@H](NC(=O)OCC1c2ccccc2-c2ccccc21)C(=O)NC1(CC(=O)O)CCN(C)CC1. The third-order valence-corrected chi connectivity index (χ3v) is 6.89. The molecule has 8 nitrogen and oxygen atoms in total. The first-order valence-corrected chi connectivity index (χ1v) is 11.6. The van der Waals surface area contributed by atoms with Gasteiger partial charge in [0.05, 0.1) is 12.0 Å². The summed E-state index contributed by atoms with van der Waals surface area (Å²) in [6.07, 6.45) is 0.253. The van der Waals surface area contributed by atoms with Crippen molar-refractivity contribution in [2.45, 2.75) is 43.7 Å². The number of amides is 2. The Morgan fingerprint density at radius 2 is 1.62 bits per heavy atom. The van der Waals surface area contributed by atoms with E-state index in [1.165, 1.54) is 0 Å². The van der Waals surface area contributed by atoms with Crippen molar-refractivity contribution in [3.63, 3.8) is 0 Å². The molecule has 8 heteroatoms. The molecule has 2 aliphatic rings. The van der Waals surface area contributed by atoms with Crippen LogP contribution in [0.2, 0.25) is 0 Å². The smallest absolute Gasteiger partial charge is 0.407 e. The molecule has 180 valence electrons. The molecule has 1 fully saturated rings. The Morgan fingerprint density at radius 1 is 1.06 bits per heavy atom. The molecular formula is C26H31N3O5. The molecule has 0 spiro atoms. The lowest BCUT2D eigenvalue weighted by molar-refractivity contribution is -0.140. The second kappa shape index (κ2) is 9.85. The standard InChI is InChI=1S/C26H31N3O5/c1-17(24(32)28-26(15-23(30)31)11-13-29(2)14-12-26)27-25(33)34-16-22-20-9-5-3-7-18(20)19-8-4-6-10-21(19)22/h3-10,17,22H,11-16H2,1-2H3,(H,27,33)(H,28,32)(H,30,31)/t17-/m0/s1. The number of ether oxygens (including phenoxy) is 1. The highest BCUT2D eigenvalue weighted by molar-refractivity contribution is 5.86. The molecule has 1 saturated heterocycles. The molecule has 3 N–H and O–H groups in total. The summed E-state index contributed by atoms with van der Waals surface area (Å²) < 4.78 is 5.52. The number of carbonyl (C=O) groups excluding carboxylic acids is 2. The topological polar surface area (TPSA) is 108 Å². The fourth-order valence-corrected chi connectivity index (χ4v) is 4.93. The minimum Gasteiger partial charge on any atom is -0.481 e. The van der Waals surface area contributed by atoms with Gasteiger partial charge in [-0.25, -0.2) is 4.79 Å². The second-order valence-electron chi connectivity index (χ2n) is 9.33. The van der Waals surface area contributed by atoms with E-state index in [1.54, 1.807) is 6.92 Å². The van der Waals surface area contributed by atoms with Gasteiger partial charge in [-0.05, 0) is 49.1 Å². The van der Waals surface area contributed by atoms with Crippen molar-refractivity contribution in [3.05, 3.63) is 59.7 Å². The maximum absolute atomic E-state index is 12.8. The van der Waals surface area contributed by atoms with Gasteiger partial charge in [-0.2, -0.15) is 0 Å². The predicted molar refractivity (Wildman–Crippen MR) is 128 cm³/mol. The van der Waals surface area contributed by atoms with Gasteiger partial charge in [0.15, 0.2) is 0 Å². The fraction of sp³-hybridized carbons (Fsp3) is 0.423. The molecular weight excluding hydrogens is 434 g/mol. The zero-order valence-electron chi connectivity index (χ0n) is 19.5. The molecule has 1 heterocycles. The van der Waals surface area contributed by atoms with Crippen molar-refractivity contribution in [1.29, 1.82) is 0 Å². The van der Waals surface area contributed by atoms with E-state index in [0.29, 0.717) is 25.9 Å². The molecule has 0 bridgehead atoms. The molecule has 2 aromatic carbocycles. The van der Waals surface area contributed by atoms with Gasteiger partial charge >= 0.3 is 12.1 Å². The Balaban J connectivity index is 1.35. The number of hydrogen-bond acceptors (Lipinski definition) is 5. The average molecular weight is 466 g/mol. The molecule has 0 aromatic heterocycles. The van der Waals surface area contributed by atoms with E-state index in [-0.39, 0.29) is 18.9 Å². The summed E-state index contributed by atoms with van der Waals surface area (Å²) in [4.78, 5) is 38.8. The van der Waals surface area contributed by atoms with Gasteiger partial charge < -0.3 is 25.4 Å². The fourth-order valence-electron chi connectivity index (χ4n) is 4.93. The van der Waals surface area contributed by atoms with Crippen LogP contribution < -0.4 is 10.6 Å². The van der Waals surface area contributed by atoms with Crippen LogP contribution in [0.15, 0.2) is 48.5 Å². The quantitative estimate of drug-likeness (QED) is 0.580. The number of alkyl carbamates (subject to hydrolysis) is 1. The lowest BCUT2D eigenvalue weighted by atomic mass is 9.84. The van der Waals surface area contributed by atoms with Gasteiger partial charge in [-0.1, -0.05) is 48.5 Å². The van der Waals surface area contributed by atoms with E-state index in [2.05, 4.69) is 27.7 Å². The van der Waals surface area contributed by atoms with E-state index >= 15 is 0 Å². The predicted octanol–water partition coefficient (Wildman–Crippen LogP) is 2.97. The van der Waals surface area contributed by atoms with Crippen LogP contribution in [-0.2, 0) is 14.3 Å². The number of fused-ring (bicyclic) bond motifs is 3. The van der Waals surface area contributed by atoms with E-state index in [4.69, 9.17) is 4.74 Å². The largest absolute Gasteiger partial charge is 0.481 e. The minimum atomic E-state index is -0.956. The molecule has 0 radical (unpaired) electrons. The van der Waals surface area contributed by atoms with Crippen LogP contribution in [0.5, 0.6) is 0 Å². The highest BCUT2D eigenvalue weighted by atomic mass is 16.5. The lowest BCUT2D eigenvalue weighted by Crippen LogP contribution is -2.59. The van der Waals surface area contributed by atoms with Crippen LogP contribution in [0.25, 0.3) is 11.1 Å². The van der Waals surface area contributed by atoms with Crippen molar-refractivity contribution < 1.29 is 24.2 Å². The highest BCUT2D eigenvalue weighted by Gasteiger charge is 2.38. The van der Waals surface area contributed by atoms with Crippen molar-refractivity contribution in [1.82, 2.24) is 15.5 Å². The summed E-state index contributed by atoms with van der Waals surface area (Å²) in [6, 6.07) is 15.3. The van der Waals surface area contributed by atoms with Crippen LogP contribution in [0.1, 0.15) is 43.2 Å². The normalized spacial score (nSPS) is 17.8. The van der Waals surface area contributed by atoms with E-state index in [1.807, 2.05) is 43.4 Å². The Hall–Kier alpha value is -3.39. The number of aliphatic carboxylic acids is 1. The number of carboxylic acid groups (broad SMARTS) is 1. The van der Waals surface area contributed by atoms with E-state index in [9.17, 15) is 19.5 Å². The summed E-state index contributed by atoms with van der Waals surface area (Å²) in [5, 5.41) is 14.8. The summed E-state index contributed by atoms with van der Waals surface area (Å²) in [5.74, 6) is -1.44. The Morgan fingerprint density at radius 3 is 2.18 bits per heavy atom. The molecule has 0 saturated carbocycles. The number of hydrogen-bond donors (Lipinski definition) is 3. The molecule has 4 rings (SSSR count). The van der Waals surface area contributed by atoms with Crippen LogP contribution in [0, 0.1) is 0 Å². The maximum Gasteiger partial charge on any atom is 0.407 e. The van der Waals surface area contributed by atoms with Crippen LogP contribution in [-0.4, -0.2) is 66.3 Å². The second-order valence-corrected chi connectivity index (χ2v) is 9.33. The Bertz CT molecular complexity index is 1030. The van der Waals surface area contributed by atoms with Crippen molar-refractivity contribution in [2.24, 2.45) is 0 Å². The first kappa shape index (κ1) is 23.8. The Kier molecular flexibility index (Phi) is 6.88. The van der Waals surface area contributed by atoms with E-state index < -0.39 is 29.6 Å². The van der Waals surface area contributed by atoms with Crippen molar-refractivity contribution in [3.8, 4) is 11.1 Å². The monoisotopic (exact) mass is 465 g/mol. The summed E-state index contributed by atoms with van der Waals surface area (Å²) in [7, 11) is 1.97. The summed E-state index contributed by atoms with van der Waals surface area (Å²) in [5.41, 5.74) is 3.69. The van der Waals surface area contributed by atoms with Gasteiger partial charge in [0, 0.05) is 19.0 Å². The van der Waals surface area contributed by atoms with Crippen molar-refractivity contribution >= 4 is 18.0 Å². The molecule has 2 amide bonds. The molecule has 34 heavy (non-hydrogen) atoms. The molecule has 1 aliphatic heterocycles. The zero-order valence-corrected chi connectivity index (χ0v) is 19.5. The molecule has 2 aromatic rings. The van der Waals surface area contributed by atoms with Crippen molar-refractivity contribution in [2.75, 3.05) is 26.7 Å². The van der Waals surface area contributed by atoms with Gasteiger partial charge in [-0.3, -0.25) is 9.59 Å². The van der Waals surface area contributed by atoms with Gasteiger partial charge in [0.25, 0.3) is 0 Å². The average Bonchev–Trinajstić information content (AvgIpc) is 3.13. The number of piperidine rings is 1. The third-order valence-electron chi connectivity index (χ3n) is 6.89. The first-order valence-electron chi connectivity index (χ1n) is 11.6. The minimum absolute atomic E-state index is 0.0691. The third kappa shape index (κ3) is 5.07. The van der Waals surface area contributed by atoms with Gasteiger partial charge in [0.1, 0.15) is 12.6 Å². The van der Waals surface area contributed by atoms with Gasteiger partial charge in [0.2, 0.25) is 5.91 Å². The maximum atomic E-state index is 12.8. The summed E-state index contributed by atoms with van der Waals surface area (Å²) >= 11 is 0. The van der Waals surface area contributed by atoms with Crippen LogP contribution >= 0.6 is 0 Å². The number of carboxylic acids is 1. The molecule has 1 atom stereocenters. The molecule has 1 aliphatic carbocycles. The van der Waals surface area contributed by atoms with Crippen LogP contribution in [0.3, 0.4) is 0 Å². The number of benzene rings is 2. The van der Waals surface area contributed by atoms with Crippen LogP contribution in [0.4, 0.5) is 4.79 Å². The number of rotatable bonds is 7. The number of nitrogens with one attached hydrogen (secondary N) is 2.